The summed E-state index contributed by atoms with van der Waals surface area (Å²) in [5.74, 6) is 0.0694. The Kier molecular flexibility index (Phi) is 3.36. The van der Waals surface area contributed by atoms with Crippen LogP contribution in [0.1, 0.15) is 5.56 Å². The first-order valence-corrected chi connectivity index (χ1v) is 6.46. The third-order valence-corrected chi connectivity index (χ3v) is 3.34. The van der Waals surface area contributed by atoms with E-state index in [1.54, 1.807) is 18.2 Å². The fourth-order valence-corrected chi connectivity index (χ4v) is 2.23. The van der Waals surface area contributed by atoms with E-state index in [9.17, 15) is 18.3 Å². The van der Waals surface area contributed by atoms with Crippen molar-refractivity contribution in [1.82, 2.24) is 10.2 Å². The van der Waals surface area contributed by atoms with Crippen LogP contribution in [0.4, 0.5) is 13.2 Å². The fraction of sp³-hybridized carbons (Fsp3) is 0.0625. The number of hydrogen-bond acceptors (Lipinski definition) is 2. The largest absolute Gasteiger partial charge is 0.507 e. The molecule has 22 heavy (non-hydrogen) atoms. The van der Waals surface area contributed by atoms with Crippen molar-refractivity contribution in [2.45, 2.75) is 6.18 Å². The van der Waals surface area contributed by atoms with Crippen molar-refractivity contribution in [3.8, 4) is 28.1 Å². The lowest BCUT2D eigenvalue weighted by molar-refractivity contribution is -0.137. The average Bonchev–Trinajstić information content (AvgIpc) is 2.96. The Hall–Kier alpha value is -2.76. The average molecular weight is 304 g/mol. The first-order chi connectivity index (χ1) is 10.5. The van der Waals surface area contributed by atoms with Crippen LogP contribution in [-0.2, 0) is 6.18 Å². The molecule has 0 unspecified atom stereocenters. The number of phenolic OH excluding ortho intramolecular Hbond substituents is 1. The molecule has 2 N–H and O–H groups in total. The van der Waals surface area contributed by atoms with Gasteiger partial charge in [0, 0.05) is 11.1 Å². The van der Waals surface area contributed by atoms with E-state index >= 15 is 0 Å². The van der Waals surface area contributed by atoms with Crippen molar-refractivity contribution >= 4 is 0 Å². The summed E-state index contributed by atoms with van der Waals surface area (Å²) >= 11 is 0. The quantitative estimate of drug-likeness (QED) is 0.734. The van der Waals surface area contributed by atoms with Crippen molar-refractivity contribution in [2.75, 3.05) is 0 Å². The normalized spacial score (nSPS) is 11.6. The van der Waals surface area contributed by atoms with Gasteiger partial charge in [-0.3, -0.25) is 5.10 Å². The number of halogens is 3. The van der Waals surface area contributed by atoms with E-state index in [0.717, 1.165) is 12.1 Å². The highest BCUT2D eigenvalue weighted by Gasteiger charge is 2.30. The van der Waals surface area contributed by atoms with E-state index in [1.807, 2.05) is 0 Å². The SMILES string of the molecule is Oc1ccccc1-c1[nH]ncc1-c1ccc(C(F)(F)F)cc1. The van der Waals surface area contributed by atoms with Gasteiger partial charge in [-0.15, -0.1) is 0 Å². The number of alkyl halides is 3. The Morgan fingerprint density at radius 2 is 1.59 bits per heavy atom. The van der Waals surface area contributed by atoms with Crippen LogP contribution in [0.25, 0.3) is 22.4 Å². The third-order valence-electron chi connectivity index (χ3n) is 3.34. The molecule has 0 aliphatic carbocycles. The second kappa shape index (κ2) is 5.22. The Morgan fingerprint density at radius 3 is 2.23 bits per heavy atom. The molecule has 0 fully saturated rings. The molecule has 3 nitrogen and oxygen atoms in total. The summed E-state index contributed by atoms with van der Waals surface area (Å²) in [6, 6.07) is 11.5. The maximum atomic E-state index is 12.6. The zero-order valence-electron chi connectivity index (χ0n) is 11.2. The molecule has 3 rings (SSSR count). The standard InChI is InChI=1S/C16H11F3N2O/c17-16(18,19)11-7-5-10(6-8-11)13-9-20-21-15(13)12-3-1-2-4-14(12)22/h1-9,22H,(H,20,21). The zero-order valence-corrected chi connectivity index (χ0v) is 11.2. The first-order valence-electron chi connectivity index (χ1n) is 6.46. The van der Waals surface area contributed by atoms with Crippen LogP contribution in [0.3, 0.4) is 0 Å². The Morgan fingerprint density at radius 1 is 0.909 bits per heavy atom. The number of aromatic hydroxyl groups is 1. The van der Waals surface area contributed by atoms with E-state index in [-0.39, 0.29) is 5.75 Å². The van der Waals surface area contributed by atoms with Crippen LogP contribution in [-0.4, -0.2) is 15.3 Å². The number of phenols is 1. The van der Waals surface area contributed by atoms with E-state index in [0.29, 0.717) is 22.4 Å². The molecule has 112 valence electrons. The first kappa shape index (κ1) is 14.2. The van der Waals surface area contributed by atoms with Gasteiger partial charge in [-0.05, 0) is 29.8 Å². The van der Waals surface area contributed by atoms with Crippen molar-refractivity contribution in [2.24, 2.45) is 0 Å². The van der Waals surface area contributed by atoms with Crippen LogP contribution in [0.15, 0.2) is 54.7 Å². The summed E-state index contributed by atoms with van der Waals surface area (Å²) in [6.45, 7) is 0. The highest BCUT2D eigenvalue weighted by Crippen LogP contribution is 2.36. The van der Waals surface area contributed by atoms with E-state index in [4.69, 9.17) is 0 Å². The van der Waals surface area contributed by atoms with Crippen molar-refractivity contribution in [3.05, 3.63) is 60.3 Å². The highest BCUT2D eigenvalue weighted by molar-refractivity contribution is 5.82. The lowest BCUT2D eigenvalue weighted by Gasteiger charge is -2.08. The van der Waals surface area contributed by atoms with Gasteiger partial charge in [-0.25, -0.2) is 0 Å². The summed E-state index contributed by atoms with van der Waals surface area (Å²) in [6.07, 6.45) is -2.85. The van der Waals surface area contributed by atoms with E-state index < -0.39 is 11.7 Å². The number of benzene rings is 2. The molecular weight excluding hydrogens is 293 g/mol. The van der Waals surface area contributed by atoms with Gasteiger partial charge in [0.2, 0.25) is 0 Å². The molecule has 0 aliphatic rings. The molecule has 1 aromatic heterocycles. The maximum absolute atomic E-state index is 12.6. The number of rotatable bonds is 2. The number of aromatic nitrogens is 2. The number of nitrogens with zero attached hydrogens (tertiary/aromatic N) is 1. The summed E-state index contributed by atoms with van der Waals surface area (Å²) in [4.78, 5) is 0. The predicted molar refractivity (Wildman–Crippen MR) is 76.1 cm³/mol. The van der Waals surface area contributed by atoms with Gasteiger partial charge in [0.1, 0.15) is 5.75 Å². The lowest BCUT2D eigenvalue weighted by atomic mass is 10.00. The van der Waals surface area contributed by atoms with Gasteiger partial charge < -0.3 is 5.11 Å². The van der Waals surface area contributed by atoms with Gasteiger partial charge in [-0.2, -0.15) is 18.3 Å². The van der Waals surface area contributed by atoms with Gasteiger partial charge in [-0.1, -0.05) is 24.3 Å². The van der Waals surface area contributed by atoms with Crippen molar-refractivity contribution < 1.29 is 18.3 Å². The maximum Gasteiger partial charge on any atom is 0.416 e. The Balaban J connectivity index is 2.04. The van der Waals surface area contributed by atoms with Gasteiger partial charge in [0.05, 0.1) is 17.5 Å². The minimum atomic E-state index is -4.37. The van der Waals surface area contributed by atoms with Crippen LogP contribution in [0.5, 0.6) is 5.75 Å². The topological polar surface area (TPSA) is 48.9 Å². The Bertz CT molecular complexity index is 792. The number of H-pyrrole nitrogens is 1. The summed E-state index contributed by atoms with van der Waals surface area (Å²) in [7, 11) is 0. The molecule has 2 aromatic carbocycles. The number of nitrogens with one attached hydrogen (secondary N) is 1. The molecule has 3 aromatic rings. The zero-order chi connectivity index (χ0) is 15.7. The minimum absolute atomic E-state index is 0.0694. The Labute approximate surface area is 124 Å². The third kappa shape index (κ3) is 2.55. The molecule has 1 heterocycles. The molecule has 0 spiro atoms. The number of para-hydroxylation sites is 1. The van der Waals surface area contributed by atoms with Gasteiger partial charge >= 0.3 is 6.18 Å². The molecule has 0 radical (unpaired) electrons. The summed E-state index contributed by atoms with van der Waals surface area (Å²) < 4.78 is 37.8. The van der Waals surface area contributed by atoms with Crippen LogP contribution >= 0.6 is 0 Å². The second-order valence-corrected chi connectivity index (χ2v) is 4.75. The van der Waals surface area contributed by atoms with E-state index in [2.05, 4.69) is 10.2 Å². The lowest BCUT2D eigenvalue weighted by Crippen LogP contribution is -2.03. The molecule has 0 atom stereocenters. The van der Waals surface area contributed by atoms with Gasteiger partial charge in [0.15, 0.2) is 0 Å². The van der Waals surface area contributed by atoms with Crippen molar-refractivity contribution in [1.29, 1.82) is 0 Å². The molecule has 0 aliphatic heterocycles. The minimum Gasteiger partial charge on any atom is -0.507 e. The number of aromatic amines is 1. The molecule has 0 saturated carbocycles. The predicted octanol–water partition coefficient (Wildman–Crippen LogP) is 4.47. The molecule has 6 heteroatoms. The molecular formula is C16H11F3N2O. The molecule has 0 amide bonds. The molecule has 0 bridgehead atoms. The number of hydrogen-bond donors (Lipinski definition) is 2. The van der Waals surface area contributed by atoms with E-state index in [1.165, 1.54) is 24.4 Å². The van der Waals surface area contributed by atoms with Crippen molar-refractivity contribution in [3.63, 3.8) is 0 Å². The van der Waals surface area contributed by atoms with Crippen LogP contribution in [0.2, 0.25) is 0 Å². The molecule has 0 saturated heterocycles. The highest BCUT2D eigenvalue weighted by atomic mass is 19.4. The monoisotopic (exact) mass is 304 g/mol. The summed E-state index contributed by atoms with van der Waals surface area (Å²) in [5.41, 5.74) is 1.59. The summed E-state index contributed by atoms with van der Waals surface area (Å²) in [5, 5.41) is 16.6. The van der Waals surface area contributed by atoms with Crippen LogP contribution < -0.4 is 0 Å². The smallest absolute Gasteiger partial charge is 0.416 e. The van der Waals surface area contributed by atoms with Gasteiger partial charge in [0.25, 0.3) is 0 Å². The fourth-order valence-electron chi connectivity index (χ4n) is 2.23. The second-order valence-electron chi connectivity index (χ2n) is 4.75. The van der Waals surface area contributed by atoms with Crippen LogP contribution in [0, 0.1) is 0 Å².